The van der Waals surface area contributed by atoms with Gasteiger partial charge in [0.15, 0.2) is 5.78 Å². The summed E-state index contributed by atoms with van der Waals surface area (Å²) in [7, 11) is 0. The maximum atomic E-state index is 12.2. The molecule has 3 fully saturated rings. The highest BCUT2D eigenvalue weighted by molar-refractivity contribution is 5.92. The molecule has 0 aromatic heterocycles. The second-order valence-electron chi connectivity index (χ2n) is 9.61. The maximum Gasteiger partial charge on any atom is 0.302 e. The molecule has 0 aromatic rings. The van der Waals surface area contributed by atoms with Crippen LogP contribution in [0, 0.1) is 34.5 Å². The van der Waals surface area contributed by atoms with Crippen LogP contribution >= 0.6 is 0 Å². The van der Waals surface area contributed by atoms with Crippen LogP contribution in [0.4, 0.5) is 0 Å². The molecule has 0 radical (unpaired) electrons. The second-order valence-corrected chi connectivity index (χ2v) is 9.61. The van der Waals surface area contributed by atoms with E-state index < -0.39 is 0 Å². The number of carbonyl (C=O) groups excluding carboxylic acids is 2. The van der Waals surface area contributed by atoms with Crippen LogP contribution in [-0.4, -0.2) is 29.6 Å². The molecule has 4 aliphatic carbocycles. The Kier molecular flexibility index (Phi) is 4.33. The van der Waals surface area contributed by atoms with Crippen molar-refractivity contribution < 1.29 is 19.4 Å². The summed E-state index contributed by atoms with van der Waals surface area (Å²) in [5, 5.41) is 10.6. The van der Waals surface area contributed by atoms with Crippen LogP contribution in [0.25, 0.3) is 0 Å². The van der Waals surface area contributed by atoms with Gasteiger partial charge in [-0.1, -0.05) is 19.4 Å². The van der Waals surface area contributed by atoms with Crippen LogP contribution in [0.1, 0.15) is 65.7 Å². The van der Waals surface area contributed by atoms with Gasteiger partial charge in [0.2, 0.25) is 0 Å². The van der Waals surface area contributed by atoms with E-state index >= 15 is 0 Å². The molecule has 0 heterocycles. The summed E-state index contributed by atoms with van der Waals surface area (Å²) in [6.07, 6.45) is 8.40. The van der Waals surface area contributed by atoms with Crippen molar-refractivity contribution in [1.29, 1.82) is 0 Å². The molecule has 0 aromatic carbocycles. The van der Waals surface area contributed by atoms with Crippen molar-refractivity contribution in [3.05, 3.63) is 11.6 Å². The predicted octanol–water partition coefficient (Wildman–Crippen LogP) is 3.67. The molecule has 4 nitrogen and oxygen atoms in total. The molecule has 0 spiro atoms. The monoisotopic (exact) mass is 360 g/mol. The van der Waals surface area contributed by atoms with Crippen molar-refractivity contribution in [1.82, 2.24) is 0 Å². The number of ketones is 1. The van der Waals surface area contributed by atoms with Gasteiger partial charge in [0.1, 0.15) is 6.61 Å². The first-order chi connectivity index (χ1) is 12.3. The summed E-state index contributed by atoms with van der Waals surface area (Å²) in [4.78, 5) is 23.9. The summed E-state index contributed by atoms with van der Waals surface area (Å²) in [6.45, 7) is 6.34. The zero-order valence-corrected chi connectivity index (χ0v) is 16.3. The average molecular weight is 360 g/mol. The average Bonchev–Trinajstić information content (AvgIpc) is 2.88. The van der Waals surface area contributed by atoms with Crippen LogP contribution in [0.3, 0.4) is 0 Å². The van der Waals surface area contributed by atoms with Crippen molar-refractivity contribution in [2.75, 3.05) is 6.61 Å². The Balaban J connectivity index is 1.74. The fourth-order valence-corrected chi connectivity index (χ4v) is 7.28. The van der Waals surface area contributed by atoms with Gasteiger partial charge in [-0.25, -0.2) is 0 Å². The van der Waals surface area contributed by atoms with E-state index in [1.54, 1.807) is 0 Å². The van der Waals surface area contributed by atoms with Crippen LogP contribution in [-0.2, 0) is 14.3 Å². The molecule has 0 unspecified atom stereocenters. The normalized spacial score (nSPS) is 47.5. The highest BCUT2D eigenvalue weighted by Gasteiger charge is 2.61. The zero-order chi connectivity index (χ0) is 18.7. The summed E-state index contributed by atoms with van der Waals surface area (Å²) in [5.41, 5.74) is 1.08. The van der Waals surface area contributed by atoms with Crippen molar-refractivity contribution in [3.8, 4) is 0 Å². The number of hydrogen-bond donors (Lipinski definition) is 1. The van der Waals surface area contributed by atoms with Gasteiger partial charge in [-0.05, 0) is 73.7 Å². The van der Waals surface area contributed by atoms with Gasteiger partial charge in [0.25, 0.3) is 0 Å². The summed E-state index contributed by atoms with van der Waals surface area (Å²) >= 11 is 0. The minimum absolute atomic E-state index is 0.0404. The minimum atomic E-state index is -0.234. The van der Waals surface area contributed by atoms with Crippen LogP contribution in [0.2, 0.25) is 0 Å². The minimum Gasteiger partial charge on any atom is -0.465 e. The zero-order valence-electron chi connectivity index (χ0n) is 16.3. The number of ether oxygens (including phenoxy) is 1. The number of aliphatic hydroxyl groups excluding tert-OH is 1. The smallest absolute Gasteiger partial charge is 0.302 e. The third-order valence-corrected chi connectivity index (χ3v) is 8.63. The molecule has 26 heavy (non-hydrogen) atoms. The topological polar surface area (TPSA) is 63.6 Å². The SMILES string of the molecule is CC(=O)OC[C@@]12C(=CC(=O)C[C@H]1C)CC[C@H]1[C@@H]3CC[C@H](O)[C@@]3(C)CC[C@@H]12. The Hall–Kier alpha value is -1.16. The van der Waals surface area contributed by atoms with Gasteiger partial charge in [0, 0.05) is 18.8 Å². The molecule has 4 rings (SSSR count). The second kappa shape index (κ2) is 6.19. The van der Waals surface area contributed by atoms with Crippen LogP contribution in [0.5, 0.6) is 0 Å². The van der Waals surface area contributed by atoms with Gasteiger partial charge in [0.05, 0.1) is 6.10 Å². The third-order valence-electron chi connectivity index (χ3n) is 8.63. The maximum absolute atomic E-state index is 12.2. The first-order valence-electron chi connectivity index (χ1n) is 10.3. The summed E-state index contributed by atoms with van der Waals surface area (Å²) in [5.74, 6) is 1.76. The number of rotatable bonds is 2. The number of esters is 1. The molecule has 4 heteroatoms. The van der Waals surface area contributed by atoms with Crippen molar-refractivity contribution >= 4 is 11.8 Å². The third kappa shape index (κ3) is 2.44. The largest absolute Gasteiger partial charge is 0.465 e. The number of fused-ring (bicyclic) bond motifs is 5. The Morgan fingerprint density at radius 1 is 1.27 bits per heavy atom. The van der Waals surface area contributed by atoms with E-state index in [1.807, 2.05) is 6.08 Å². The van der Waals surface area contributed by atoms with E-state index in [9.17, 15) is 14.7 Å². The van der Waals surface area contributed by atoms with Crippen LogP contribution < -0.4 is 0 Å². The number of carbonyl (C=O) groups is 2. The Morgan fingerprint density at radius 2 is 2.04 bits per heavy atom. The van der Waals surface area contributed by atoms with Gasteiger partial charge in [-0.3, -0.25) is 9.59 Å². The van der Waals surface area contributed by atoms with Crippen LogP contribution in [0.15, 0.2) is 11.6 Å². The van der Waals surface area contributed by atoms with Gasteiger partial charge < -0.3 is 9.84 Å². The van der Waals surface area contributed by atoms with Crippen molar-refractivity contribution in [3.63, 3.8) is 0 Å². The molecular weight excluding hydrogens is 328 g/mol. The van der Waals surface area contributed by atoms with Gasteiger partial charge >= 0.3 is 5.97 Å². The molecule has 0 amide bonds. The van der Waals surface area contributed by atoms with Crippen molar-refractivity contribution in [2.24, 2.45) is 34.5 Å². The lowest BCUT2D eigenvalue weighted by Gasteiger charge is -2.60. The van der Waals surface area contributed by atoms with E-state index in [-0.39, 0.29) is 34.6 Å². The molecular formula is C22H32O4. The lowest BCUT2D eigenvalue weighted by Crippen LogP contribution is -2.56. The molecule has 3 saturated carbocycles. The molecule has 0 aliphatic heterocycles. The summed E-state index contributed by atoms with van der Waals surface area (Å²) in [6, 6.07) is 0. The molecule has 0 bridgehead atoms. The fraction of sp³-hybridized carbons (Fsp3) is 0.818. The number of hydrogen-bond acceptors (Lipinski definition) is 4. The summed E-state index contributed by atoms with van der Waals surface area (Å²) < 4.78 is 5.61. The lowest BCUT2D eigenvalue weighted by molar-refractivity contribution is -0.154. The Labute approximate surface area is 156 Å². The molecule has 1 N–H and O–H groups in total. The highest BCUT2D eigenvalue weighted by Crippen LogP contribution is 2.66. The molecule has 0 saturated heterocycles. The molecule has 144 valence electrons. The Bertz CT molecular complexity index is 653. The molecule has 7 atom stereocenters. The lowest BCUT2D eigenvalue weighted by atomic mass is 9.45. The van der Waals surface area contributed by atoms with E-state index in [1.165, 1.54) is 12.5 Å². The van der Waals surface area contributed by atoms with Crippen molar-refractivity contribution in [2.45, 2.75) is 71.8 Å². The Morgan fingerprint density at radius 3 is 2.77 bits per heavy atom. The van der Waals surface area contributed by atoms with E-state index in [0.717, 1.165) is 38.5 Å². The first kappa shape index (κ1) is 18.2. The fourth-order valence-electron chi connectivity index (χ4n) is 7.28. The predicted molar refractivity (Wildman–Crippen MR) is 98.2 cm³/mol. The molecule has 4 aliphatic rings. The van der Waals surface area contributed by atoms with E-state index in [4.69, 9.17) is 4.74 Å². The standard InChI is InChI=1S/C22H32O4/c1-13-10-16(24)11-15-4-5-17-18-6-7-20(25)21(18,3)9-8-19(17)22(13,15)12-26-14(2)23/h11,13,17-20,25H,4-10,12H2,1-3H3/t13-,17+,18+,19+,20+,21+,22+/m1/s1. The van der Waals surface area contributed by atoms with Gasteiger partial charge in [-0.15, -0.1) is 0 Å². The van der Waals surface area contributed by atoms with Gasteiger partial charge in [-0.2, -0.15) is 0 Å². The first-order valence-corrected chi connectivity index (χ1v) is 10.3. The number of aliphatic hydroxyl groups is 1. The highest BCUT2D eigenvalue weighted by atomic mass is 16.5. The van der Waals surface area contributed by atoms with E-state index in [2.05, 4.69) is 13.8 Å². The van der Waals surface area contributed by atoms with E-state index in [0.29, 0.717) is 30.8 Å². The quantitative estimate of drug-likeness (QED) is 0.763.